The number of thiophene rings is 1. The van der Waals surface area contributed by atoms with Gasteiger partial charge < -0.3 is 0 Å². The molecule has 0 N–H and O–H groups in total. The molecule has 0 unspecified atom stereocenters. The Kier molecular flexibility index (Phi) is 3.29. The van der Waals surface area contributed by atoms with E-state index < -0.39 is 0 Å². The fourth-order valence-corrected chi connectivity index (χ4v) is 4.38. The first-order valence-electron chi connectivity index (χ1n) is 7.24. The van der Waals surface area contributed by atoms with Crippen molar-refractivity contribution in [1.29, 1.82) is 0 Å². The van der Waals surface area contributed by atoms with Crippen molar-refractivity contribution in [3.63, 3.8) is 0 Å². The third-order valence-corrected chi connectivity index (χ3v) is 5.31. The minimum absolute atomic E-state index is 0.0776. The van der Waals surface area contributed by atoms with Crippen LogP contribution in [0.25, 0.3) is 10.4 Å². The molecule has 0 atom stereocenters. The summed E-state index contributed by atoms with van der Waals surface area (Å²) >= 11 is 1.68. The van der Waals surface area contributed by atoms with E-state index in [2.05, 4.69) is 32.0 Å². The topological polar surface area (TPSA) is 17.1 Å². The normalized spacial score (nSPS) is 13.2. The van der Waals surface area contributed by atoms with Gasteiger partial charge in [-0.25, -0.2) is 0 Å². The Morgan fingerprint density at radius 3 is 2.60 bits per heavy atom. The number of carbonyl (C=O) groups excluding carboxylic acids is 1. The third kappa shape index (κ3) is 2.12. The number of fused-ring (bicyclic) bond motifs is 3. The zero-order valence-corrected chi connectivity index (χ0v) is 13.4. The van der Waals surface area contributed by atoms with Crippen LogP contribution in [0.15, 0.2) is 18.2 Å². The van der Waals surface area contributed by atoms with Gasteiger partial charge in [-0.15, -0.1) is 11.3 Å². The summed E-state index contributed by atoms with van der Waals surface area (Å²) in [5.74, 6) is 0.351. The van der Waals surface area contributed by atoms with Gasteiger partial charge in [-0.05, 0) is 55.0 Å². The van der Waals surface area contributed by atoms with Crippen molar-refractivity contribution in [2.75, 3.05) is 0 Å². The number of hydrogen-bond donors (Lipinski definition) is 0. The average molecular weight is 284 g/mol. The summed E-state index contributed by atoms with van der Waals surface area (Å²) in [6.45, 7) is 8.30. The van der Waals surface area contributed by atoms with E-state index in [1.807, 2.05) is 13.8 Å². The van der Waals surface area contributed by atoms with Crippen LogP contribution >= 0.6 is 11.3 Å². The van der Waals surface area contributed by atoms with Gasteiger partial charge in [-0.1, -0.05) is 31.5 Å². The van der Waals surface area contributed by atoms with Crippen LogP contribution in [-0.2, 0) is 12.8 Å². The molecule has 0 amide bonds. The third-order valence-electron chi connectivity index (χ3n) is 4.08. The zero-order chi connectivity index (χ0) is 14.4. The smallest absolute Gasteiger partial charge is 0.175 e. The van der Waals surface area contributed by atoms with Crippen molar-refractivity contribution in [2.45, 2.75) is 40.5 Å². The second kappa shape index (κ2) is 4.85. The summed E-state index contributed by atoms with van der Waals surface area (Å²) in [6.07, 6.45) is 2.16. The molecule has 1 nitrogen and oxygen atoms in total. The van der Waals surface area contributed by atoms with Crippen molar-refractivity contribution in [1.82, 2.24) is 0 Å². The molecular weight excluding hydrogens is 264 g/mol. The number of Topliss-reactive ketones (excluding diaryl/α,β-unsaturated/α-hetero) is 1. The van der Waals surface area contributed by atoms with E-state index in [4.69, 9.17) is 0 Å². The molecule has 1 aromatic carbocycles. The van der Waals surface area contributed by atoms with Gasteiger partial charge in [0.1, 0.15) is 0 Å². The van der Waals surface area contributed by atoms with Crippen LogP contribution in [0.2, 0.25) is 0 Å². The lowest BCUT2D eigenvalue weighted by molar-refractivity contribution is 0.0943. The van der Waals surface area contributed by atoms with Crippen molar-refractivity contribution < 1.29 is 4.79 Å². The number of carbonyl (C=O) groups is 1. The molecule has 1 aliphatic rings. The van der Waals surface area contributed by atoms with Crippen LogP contribution in [0.4, 0.5) is 0 Å². The van der Waals surface area contributed by atoms with Gasteiger partial charge in [0.2, 0.25) is 0 Å². The summed E-state index contributed by atoms with van der Waals surface area (Å²) in [6, 6.07) is 6.67. The molecule has 0 saturated heterocycles. The summed E-state index contributed by atoms with van der Waals surface area (Å²) in [4.78, 5) is 14.5. The van der Waals surface area contributed by atoms with Crippen LogP contribution in [0.5, 0.6) is 0 Å². The number of aryl methyl sites for hydroxylation is 3. The largest absolute Gasteiger partial charge is 0.293 e. The molecule has 1 aromatic heterocycles. The van der Waals surface area contributed by atoms with Crippen LogP contribution in [0.1, 0.15) is 45.8 Å². The highest BCUT2D eigenvalue weighted by molar-refractivity contribution is 7.17. The quantitative estimate of drug-likeness (QED) is 0.712. The highest BCUT2D eigenvalue weighted by Gasteiger charge is 2.23. The molecule has 1 aliphatic carbocycles. The second-order valence-electron chi connectivity index (χ2n) is 6.09. The second-order valence-corrected chi connectivity index (χ2v) is 7.14. The Morgan fingerprint density at radius 1 is 1.15 bits per heavy atom. The Balaban J connectivity index is 2.15. The molecule has 0 fully saturated rings. The molecule has 0 saturated carbocycles. The monoisotopic (exact) mass is 284 g/mol. The van der Waals surface area contributed by atoms with Gasteiger partial charge in [0.05, 0.1) is 4.88 Å². The maximum Gasteiger partial charge on any atom is 0.175 e. The van der Waals surface area contributed by atoms with Crippen molar-refractivity contribution >= 4 is 17.1 Å². The summed E-state index contributed by atoms with van der Waals surface area (Å²) in [5.41, 5.74) is 6.87. The van der Waals surface area contributed by atoms with Gasteiger partial charge in [0.25, 0.3) is 0 Å². The summed E-state index contributed by atoms with van der Waals surface area (Å²) < 4.78 is 0. The Labute approximate surface area is 124 Å². The maximum atomic E-state index is 12.2. The molecule has 2 heteroatoms. The zero-order valence-electron chi connectivity index (χ0n) is 12.5. The van der Waals surface area contributed by atoms with Gasteiger partial charge in [0, 0.05) is 10.8 Å². The fraction of sp³-hybridized carbons (Fsp3) is 0.389. The predicted octanol–water partition coefficient (Wildman–Crippen LogP) is 4.97. The standard InChI is InChI=1S/C18H20OS/c1-10(2)17(19)16-9-13-5-6-14-12(4)7-11(3)8-15(14)18(13)20-16/h7-10H,5-6H2,1-4H3. The number of hydrogen-bond acceptors (Lipinski definition) is 2. The lowest BCUT2D eigenvalue weighted by Crippen LogP contribution is -2.05. The maximum absolute atomic E-state index is 12.2. The highest BCUT2D eigenvalue weighted by Crippen LogP contribution is 2.41. The first-order chi connectivity index (χ1) is 9.47. The highest BCUT2D eigenvalue weighted by atomic mass is 32.1. The van der Waals surface area contributed by atoms with Gasteiger partial charge >= 0.3 is 0 Å². The van der Waals surface area contributed by atoms with E-state index in [0.717, 1.165) is 17.7 Å². The summed E-state index contributed by atoms with van der Waals surface area (Å²) in [5, 5.41) is 0. The molecule has 2 aromatic rings. The first-order valence-corrected chi connectivity index (χ1v) is 8.06. The Morgan fingerprint density at radius 2 is 1.90 bits per heavy atom. The molecule has 20 heavy (non-hydrogen) atoms. The fourth-order valence-electron chi connectivity index (χ4n) is 3.04. The predicted molar refractivity (Wildman–Crippen MR) is 85.8 cm³/mol. The van der Waals surface area contributed by atoms with Crippen molar-refractivity contribution in [2.24, 2.45) is 5.92 Å². The van der Waals surface area contributed by atoms with E-state index in [-0.39, 0.29) is 11.7 Å². The van der Waals surface area contributed by atoms with Crippen LogP contribution in [-0.4, -0.2) is 5.78 Å². The lowest BCUT2D eigenvalue weighted by Gasteiger charge is -2.19. The van der Waals surface area contributed by atoms with Crippen LogP contribution < -0.4 is 0 Å². The molecule has 0 aliphatic heterocycles. The first kappa shape index (κ1) is 13.6. The van der Waals surface area contributed by atoms with E-state index in [1.54, 1.807) is 11.3 Å². The van der Waals surface area contributed by atoms with E-state index in [1.165, 1.54) is 32.7 Å². The van der Waals surface area contributed by atoms with Crippen LogP contribution in [0, 0.1) is 19.8 Å². The number of benzene rings is 1. The molecule has 3 rings (SSSR count). The lowest BCUT2D eigenvalue weighted by atomic mass is 9.87. The van der Waals surface area contributed by atoms with Crippen LogP contribution in [0.3, 0.4) is 0 Å². The van der Waals surface area contributed by atoms with E-state index in [0.29, 0.717) is 0 Å². The molecule has 104 valence electrons. The summed E-state index contributed by atoms with van der Waals surface area (Å²) in [7, 11) is 0. The van der Waals surface area contributed by atoms with Crippen molar-refractivity contribution in [3.8, 4) is 10.4 Å². The SMILES string of the molecule is Cc1cc(C)c2c(c1)-c1sc(C(=O)C(C)C)cc1CC2. The molecular formula is C18H20OS. The Bertz CT molecular complexity index is 692. The molecule has 0 bridgehead atoms. The molecule has 1 heterocycles. The van der Waals surface area contributed by atoms with E-state index in [9.17, 15) is 4.79 Å². The number of ketones is 1. The van der Waals surface area contributed by atoms with E-state index >= 15 is 0 Å². The average Bonchev–Trinajstić information content (AvgIpc) is 2.81. The minimum Gasteiger partial charge on any atom is -0.293 e. The van der Waals surface area contributed by atoms with Gasteiger partial charge in [-0.3, -0.25) is 4.79 Å². The molecule has 0 spiro atoms. The van der Waals surface area contributed by atoms with Gasteiger partial charge in [0.15, 0.2) is 5.78 Å². The van der Waals surface area contributed by atoms with Gasteiger partial charge in [-0.2, -0.15) is 0 Å². The Hall–Kier alpha value is -1.41. The van der Waals surface area contributed by atoms with Crippen molar-refractivity contribution in [3.05, 3.63) is 45.3 Å². The number of rotatable bonds is 2. The minimum atomic E-state index is 0.0776. The molecule has 0 radical (unpaired) electrons.